The molecule has 1 aromatic rings. The summed E-state index contributed by atoms with van der Waals surface area (Å²) in [7, 11) is 0. The molecule has 1 aromatic carbocycles. The third-order valence-corrected chi connectivity index (χ3v) is 4.54. The summed E-state index contributed by atoms with van der Waals surface area (Å²) in [4.78, 5) is 15.9. The highest BCUT2D eigenvalue weighted by atomic mass is 16.5. The normalized spacial score (nSPS) is 22.5. The Balaban J connectivity index is 1.54. The summed E-state index contributed by atoms with van der Waals surface area (Å²) in [5, 5.41) is 8.93. The standard InChI is InChI=1S/C17H21N3O2/c18-12-14-3-1-4-15(11-14)17(21)20-8-6-19(7-9-20)13-16-5-2-10-22-16/h1,3-4,11,16H,2,5-10,13H2/p+1/t16-/m1/s1. The molecule has 22 heavy (non-hydrogen) atoms. The van der Waals surface area contributed by atoms with Crippen molar-refractivity contribution >= 4 is 5.91 Å². The number of amides is 1. The maximum absolute atomic E-state index is 12.5. The molecule has 0 aliphatic carbocycles. The van der Waals surface area contributed by atoms with Gasteiger partial charge in [0.25, 0.3) is 5.91 Å². The Labute approximate surface area is 131 Å². The molecule has 5 nitrogen and oxygen atoms in total. The summed E-state index contributed by atoms with van der Waals surface area (Å²) in [5.41, 5.74) is 1.15. The van der Waals surface area contributed by atoms with Crippen LogP contribution in [0.15, 0.2) is 24.3 Å². The van der Waals surface area contributed by atoms with Crippen molar-refractivity contribution in [3.8, 4) is 6.07 Å². The van der Waals surface area contributed by atoms with E-state index in [1.54, 1.807) is 24.3 Å². The molecule has 3 rings (SSSR count). The molecule has 0 aromatic heterocycles. The third kappa shape index (κ3) is 3.46. The van der Waals surface area contributed by atoms with Gasteiger partial charge in [0.05, 0.1) is 37.8 Å². The largest absolute Gasteiger partial charge is 0.372 e. The van der Waals surface area contributed by atoms with E-state index in [0.29, 0.717) is 17.2 Å². The Morgan fingerprint density at radius 3 is 2.91 bits per heavy atom. The van der Waals surface area contributed by atoms with Gasteiger partial charge in [-0.2, -0.15) is 5.26 Å². The molecule has 1 N–H and O–H groups in total. The van der Waals surface area contributed by atoms with Gasteiger partial charge < -0.3 is 14.5 Å². The lowest BCUT2D eigenvalue weighted by molar-refractivity contribution is -0.906. The molecule has 0 saturated carbocycles. The van der Waals surface area contributed by atoms with Crippen molar-refractivity contribution in [3.63, 3.8) is 0 Å². The van der Waals surface area contributed by atoms with Crippen molar-refractivity contribution in [1.29, 1.82) is 5.26 Å². The van der Waals surface area contributed by atoms with Crippen LogP contribution in [0.1, 0.15) is 28.8 Å². The first-order valence-corrected chi connectivity index (χ1v) is 8.01. The van der Waals surface area contributed by atoms with Crippen molar-refractivity contribution in [2.75, 3.05) is 39.3 Å². The van der Waals surface area contributed by atoms with Crippen LogP contribution in [-0.2, 0) is 4.74 Å². The molecule has 2 aliphatic rings. The lowest BCUT2D eigenvalue weighted by Gasteiger charge is -2.33. The number of nitrogens with zero attached hydrogens (tertiary/aromatic N) is 2. The molecule has 2 fully saturated rings. The van der Waals surface area contributed by atoms with Gasteiger partial charge in [0, 0.05) is 12.2 Å². The fourth-order valence-corrected chi connectivity index (χ4v) is 3.26. The van der Waals surface area contributed by atoms with Crippen molar-refractivity contribution in [1.82, 2.24) is 4.90 Å². The maximum atomic E-state index is 12.5. The van der Waals surface area contributed by atoms with E-state index in [1.807, 2.05) is 4.90 Å². The summed E-state index contributed by atoms with van der Waals surface area (Å²) in [6, 6.07) is 9.04. The second kappa shape index (κ2) is 6.91. The van der Waals surface area contributed by atoms with Gasteiger partial charge in [-0.25, -0.2) is 0 Å². The highest BCUT2D eigenvalue weighted by Crippen LogP contribution is 2.10. The molecule has 2 aliphatic heterocycles. The van der Waals surface area contributed by atoms with Gasteiger partial charge in [0.15, 0.2) is 0 Å². The highest BCUT2D eigenvalue weighted by Gasteiger charge is 2.28. The molecule has 0 spiro atoms. The van der Waals surface area contributed by atoms with Gasteiger partial charge in [-0.15, -0.1) is 0 Å². The number of hydrogen-bond acceptors (Lipinski definition) is 3. The molecule has 0 radical (unpaired) electrons. The summed E-state index contributed by atoms with van der Waals surface area (Å²) >= 11 is 0. The Morgan fingerprint density at radius 1 is 1.41 bits per heavy atom. The Bertz CT molecular complexity index is 568. The zero-order chi connectivity index (χ0) is 15.4. The molecule has 0 bridgehead atoms. The van der Waals surface area contributed by atoms with Crippen molar-refractivity contribution in [3.05, 3.63) is 35.4 Å². The van der Waals surface area contributed by atoms with E-state index in [9.17, 15) is 4.79 Å². The van der Waals surface area contributed by atoms with E-state index in [0.717, 1.165) is 39.3 Å². The molecular formula is C17H22N3O2+. The van der Waals surface area contributed by atoms with Crippen molar-refractivity contribution in [2.45, 2.75) is 18.9 Å². The number of piperazine rings is 1. The number of nitrogens with one attached hydrogen (secondary N) is 1. The molecule has 116 valence electrons. The van der Waals surface area contributed by atoms with E-state index in [4.69, 9.17) is 10.00 Å². The lowest BCUT2D eigenvalue weighted by atomic mass is 10.1. The number of benzene rings is 1. The quantitative estimate of drug-likeness (QED) is 0.860. The predicted octanol–water partition coefficient (Wildman–Crippen LogP) is 0.0780. The van der Waals surface area contributed by atoms with Crippen LogP contribution in [0.5, 0.6) is 0 Å². The van der Waals surface area contributed by atoms with E-state index >= 15 is 0 Å². The predicted molar refractivity (Wildman–Crippen MR) is 81.6 cm³/mol. The number of nitriles is 1. The molecule has 1 amide bonds. The van der Waals surface area contributed by atoms with Crippen LogP contribution >= 0.6 is 0 Å². The van der Waals surface area contributed by atoms with E-state index < -0.39 is 0 Å². The summed E-state index contributed by atoms with van der Waals surface area (Å²) in [6.07, 6.45) is 2.76. The number of quaternary nitrogens is 1. The van der Waals surface area contributed by atoms with Crippen LogP contribution in [-0.4, -0.2) is 56.2 Å². The number of ether oxygens (including phenoxy) is 1. The van der Waals surface area contributed by atoms with Crippen molar-refractivity contribution in [2.24, 2.45) is 0 Å². The van der Waals surface area contributed by atoms with Crippen LogP contribution in [0.2, 0.25) is 0 Å². The van der Waals surface area contributed by atoms with Gasteiger partial charge in [-0.3, -0.25) is 4.79 Å². The fourth-order valence-electron chi connectivity index (χ4n) is 3.26. The molecule has 2 heterocycles. The van der Waals surface area contributed by atoms with Crippen LogP contribution in [0.3, 0.4) is 0 Å². The van der Waals surface area contributed by atoms with Gasteiger partial charge in [0.2, 0.25) is 0 Å². The number of carbonyl (C=O) groups is 1. The highest BCUT2D eigenvalue weighted by molar-refractivity contribution is 5.94. The smallest absolute Gasteiger partial charge is 0.254 e. The average Bonchev–Trinajstić information content (AvgIpc) is 3.08. The molecule has 2 saturated heterocycles. The Kier molecular flexibility index (Phi) is 4.71. The third-order valence-electron chi connectivity index (χ3n) is 4.54. The molecule has 0 unspecified atom stereocenters. The Morgan fingerprint density at radius 2 is 2.23 bits per heavy atom. The average molecular weight is 300 g/mol. The molecular weight excluding hydrogens is 278 g/mol. The molecule has 5 heteroatoms. The first-order chi connectivity index (χ1) is 10.8. The zero-order valence-electron chi connectivity index (χ0n) is 12.8. The lowest BCUT2D eigenvalue weighted by Crippen LogP contribution is -3.15. The van der Waals surface area contributed by atoms with E-state index in [-0.39, 0.29) is 5.91 Å². The van der Waals surface area contributed by atoms with Crippen LogP contribution < -0.4 is 4.90 Å². The summed E-state index contributed by atoms with van der Waals surface area (Å²) < 4.78 is 5.69. The van der Waals surface area contributed by atoms with E-state index in [1.165, 1.54) is 17.7 Å². The maximum Gasteiger partial charge on any atom is 0.254 e. The first-order valence-electron chi connectivity index (χ1n) is 8.01. The van der Waals surface area contributed by atoms with Gasteiger partial charge in [0.1, 0.15) is 12.6 Å². The Hall–Kier alpha value is -1.90. The minimum Gasteiger partial charge on any atom is -0.372 e. The molecule has 1 atom stereocenters. The van der Waals surface area contributed by atoms with Crippen molar-refractivity contribution < 1.29 is 14.4 Å². The topological polar surface area (TPSA) is 57.8 Å². The second-order valence-corrected chi connectivity index (χ2v) is 6.07. The van der Waals surface area contributed by atoms with Crippen LogP contribution in [0.25, 0.3) is 0 Å². The van der Waals surface area contributed by atoms with Gasteiger partial charge >= 0.3 is 0 Å². The zero-order valence-corrected chi connectivity index (χ0v) is 12.8. The monoisotopic (exact) mass is 300 g/mol. The number of hydrogen-bond donors (Lipinski definition) is 1. The summed E-state index contributed by atoms with van der Waals surface area (Å²) in [5.74, 6) is 0.0354. The minimum absolute atomic E-state index is 0.0354. The van der Waals surface area contributed by atoms with Gasteiger partial charge in [-0.1, -0.05) is 6.07 Å². The SMILES string of the molecule is N#Cc1cccc(C(=O)N2CC[NH+](C[C@H]3CCCO3)CC2)c1. The minimum atomic E-state index is 0.0354. The second-order valence-electron chi connectivity index (χ2n) is 6.07. The van der Waals surface area contributed by atoms with Gasteiger partial charge in [-0.05, 0) is 31.0 Å². The summed E-state index contributed by atoms with van der Waals surface area (Å²) in [6.45, 7) is 5.46. The number of carbonyl (C=O) groups excluding carboxylic acids is 1. The first kappa shape index (κ1) is 15.0. The van der Waals surface area contributed by atoms with Crippen LogP contribution in [0, 0.1) is 11.3 Å². The fraction of sp³-hybridized carbons (Fsp3) is 0.529. The van der Waals surface area contributed by atoms with Crippen LogP contribution in [0.4, 0.5) is 0 Å². The van der Waals surface area contributed by atoms with E-state index in [2.05, 4.69) is 6.07 Å². The number of rotatable bonds is 3.